The molecule has 2 amide bonds. The molecule has 22 heavy (non-hydrogen) atoms. The minimum absolute atomic E-state index is 0.0183. The molecule has 1 aromatic rings. The van der Waals surface area contributed by atoms with Gasteiger partial charge in [-0.1, -0.05) is 5.16 Å². The van der Waals surface area contributed by atoms with Gasteiger partial charge in [0.1, 0.15) is 5.76 Å². The number of likely N-dealkylation sites (tertiary alicyclic amines) is 1. The van der Waals surface area contributed by atoms with Crippen LogP contribution >= 0.6 is 0 Å². The van der Waals surface area contributed by atoms with Crippen LogP contribution in [0.3, 0.4) is 0 Å². The molecule has 1 fully saturated rings. The first-order valence-electron chi connectivity index (χ1n) is 7.89. The maximum atomic E-state index is 12.1. The molecule has 0 bridgehead atoms. The molecule has 6 heteroatoms. The summed E-state index contributed by atoms with van der Waals surface area (Å²) < 4.78 is 5.12. The molecule has 0 aromatic carbocycles. The van der Waals surface area contributed by atoms with Gasteiger partial charge in [0.2, 0.25) is 11.8 Å². The van der Waals surface area contributed by atoms with E-state index in [0.717, 1.165) is 29.9 Å². The van der Waals surface area contributed by atoms with Crippen molar-refractivity contribution >= 4 is 11.8 Å². The molecule has 0 saturated carbocycles. The number of hydrogen-bond acceptors (Lipinski definition) is 4. The summed E-state index contributed by atoms with van der Waals surface area (Å²) in [6, 6.07) is 0.157. The second kappa shape index (κ2) is 6.94. The normalized spacial score (nSPS) is 18.3. The largest absolute Gasteiger partial charge is 0.361 e. The molecule has 1 atom stereocenters. The van der Waals surface area contributed by atoms with E-state index in [-0.39, 0.29) is 23.8 Å². The summed E-state index contributed by atoms with van der Waals surface area (Å²) in [5, 5.41) is 6.86. The van der Waals surface area contributed by atoms with Crippen molar-refractivity contribution in [3.63, 3.8) is 0 Å². The topological polar surface area (TPSA) is 75.4 Å². The third-order valence-electron chi connectivity index (χ3n) is 4.24. The lowest BCUT2D eigenvalue weighted by atomic mass is 10.1. The van der Waals surface area contributed by atoms with Crippen LogP contribution in [0.4, 0.5) is 0 Å². The molecular formula is C16H25N3O3. The zero-order valence-electron chi connectivity index (χ0n) is 13.8. The first kappa shape index (κ1) is 16.5. The smallest absolute Gasteiger partial charge is 0.225 e. The Balaban J connectivity index is 1.74. The van der Waals surface area contributed by atoms with Crippen molar-refractivity contribution in [3.8, 4) is 0 Å². The Morgan fingerprint density at radius 2 is 2.18 bits per heavy atom. The summed E-state index contributed by atoms with van der Waals surface area (Å²) in [6.07, 6.45) is 2.00. The first-order chi connectivity index (χ1) is 10.4. The molecule has 0 spiro atoms. The molecule has 6 nitrogen and oxygen atoms in total. The minimum atomic E-state index is -0.214. The van der Waals surface area contributed by atoms with E-state index in [1.165, 1.54) is 0 Å². The van der Waals surface area contributed by atoms with Gasteiger partial charge in [-0.15, -0.1) is 0 Å². The molecule has 0 aliphatic carbocycles. The molecule has 1 saturated heterocycles. The molecule has 1 aliphatic rings. The molecule has 1 aromatic heterocycles. The van der Waals surface area contributed by atoms with E-state index in [4.69, 9.17) is 4.52 Å². The average Bonchev–Trinajstić information content (AvgIpc) is 2.99. The summed E-state index contributed by atoms with van der Waals surface area (Å²) in [7, 11) is 0. The second-order valence-corrected chi connectivity index (χ2v) is 6.24. The van der Waals surface area contributed by atoms with Crippen molar-refractivity contribution in [2.24, 2.45) is 5.92 Å². The number of amides is 2. The third kappa shape index (κ3) is 3.67. The van der Waals surface area contributed by atoms with Gasteiger partial charge >= 0.3 is 0 Å². The lowest BCUT2D eigenvalue weighted by Gasteiger charge is -2.20. The molecule has 2 rings (SSSR count). The van der Waals surface area contributed by atoms with Gasteiger partial charge in [-0.2, -0.15) is 0 Å². The van der Waals surface area contributed by atoms with E-state index in [1.54, 1.807) is 4.90 Å². The standard InChI is InChI=1S/C16H25N3O3/c1-10(2)19-9-13(8-15(19)20)16(21)17-7-5-6-14-11(3)18-22-12(14)4/h10,13H,5-9H2,1-4H3,(H,17,21). The quantitative estimate of drug-likeness (QED) is 0.810. The maximum absolute atomic E-state index is 12.1. The third-order valence-corrected chi connectivity index (χ3v) is 4.24. The number of carbonyl (C=O) groups excluding carboxylic acids is 2. The Kier molecular flexibility index (Phi) is 5.21. The van der Waals surface area contributed by atoms with Crippen LogP contribution in [-0.2, 0) is 16.0 Å². The van der Waals surface area contributed by atoms with Crippen molar-refractivity contribution in [2.45, 2.75) is 53.0 Å². The molecule has 122 valence electrons. The monoisotopic (exact) mass is 307 g/mol. The number of nitrogens with one attached hydrogen (secondary N) is 1. The molecule has 2 heterocycles. The van der Waals surface area contributed by atoms with Crippen LogP contribution in [0.1, 0.15) is 43.7 Å². The SMILES string of the molecule is Cc1noc(C)c1CCCNC(=O)C1CC(=O)N(C(C)C)C1. The van der Waals surface area contributed by atoms with Gasteiger partial charge in [0.25, 0.3) is 0 Å². The van der Waals surface area contributed by atoms with Crippen LogP contribution < -0.4 is 5.32 Å². The molecule has 1 N–H and O–H groups in total. The van der Waals surface area contributed by atoms with Crippen molar-refractivity contribution < 1.29 is 14.1 Å². The Morgan fingerprint density at radius 1 is 1.45 bits per heavy atom. The maximum Gasteiger partial charge on any atom is 0.225 e. The van der Waals surface area contributed by atoms with Gasteiger partial charge in [0, 0.05) is 31.1 Å². The van der Waals surface area contributed by atoms with Gasteiger partial charge in [-0.25, -0.2) is 0 Å². The zero-order chi connectivity index (χ0) is 16.3. The fourth-order valence-electron chi connectivity index (χ4n) is 2.89. The highest BCUT2D eigenvalue weighted by Crippen LogP contribution is 2.20. The van der Waals surface area contributed by atoms with Crippen molar-refractivity contribution in [1.29, 1.82) is 0 Å². The predicted molar refractivity (Wildman–Crippen MR) is 82.3 cm³/mol. The number of carbonyl (C=O) groups is 2. The van der Waals surface area contributed by atoms with E-state index in [0.29, 0.717) is 19.5 Å². The van der Waals surface area contributed by atoms with Crippen LogP contribution in [0.15, 0.2) is 4.52 Å². The van der Waals surface area contributed by atoms with E-state index >= 15 is 0 Å². The highest BCUT2D eigenvalue weighted by Gasteiger charge is 2.35. The Bertz CT molecular complexity index is 531. The van der Waals surface area contributed by atoms with Gasteiger partial charge in [0.05, 0.1) is 11.6 Å². The highest BCUT2D eigenvalue weighted by molar-refractivity contribution is 5.89. The lowest BCUT2D eigenvalue weighted by molar-refractivity contribution is -0.129. The fourth-order valence-corrected chi connectivity index (χ4v) is 2.89. The summed E-state index contributed by atoms with van der Waals surface area (Å²) in [5.74, 6) is 0.688. The number of rotatable bonds is 6. The molecule has 0 radical (unpaired) electrons. The van der Waals surface area contributed by atoms with Crippen molar-refractivity contribution in [1.82, 2.24) is 15.4 Å². The van der Waals surface area contributed by atoms with Crippen molar-refractivity contribution in [3.05, 3.63) is 17.0 Å². The zero-order valence-corrected chi connectivity index (χ0v) is 13.8. The van der Waals surface area contributed by atoms with E-state index in [1.807, 2.05) is 27.7 Å². The number of aromatic nitrogens is 1. The first-order valence-corrected chi connectivity index (χ1v) is 7.89. The summed E-state index contributed by atoms with van der Waals surface area (Å²) >= 11 is 0. The van der Waals surface area contributed by atoms with Gasteiger partial charge in [0.15, 0.2) is 0 Å². The second-order valence-electron chi connectivity index (χ2n) is 6.24. The summed E-state index contributed by atoms with van der Waals surface area (Å²) in [4.78, 5) is 25.7. The number of aryl methyl sites for hydroxylation is 2. The Morgan fingerprint density at radius 3 is 2.73 bits per heavy atom. The minimum Gasteiger partial charge on any atom is -0.361 e. The van der Waals surface area contributed by atoms with Crippen LogP contribution in [0.5, 0.6) is 0 Å². The van der Waals surface area contributed by atoms with Crippen molar-refractivity contribution in [2.75, 3.05) is 13.1 Å². The summed E-state index contributed by atoms with van der Waals surface area (Å²) in [6.45, 7) is 8.92. The average molecular weight is 307 g/mol. The van der Waals surface area contributed by atoms with Crippen LogP contribution in [0.2, 0.25) is 0 Å². The number of nitrogens with zero attached hydrogens (tertiary/aromatic N) is 2. The predicted octanol–water partition coefficient (Wildman–Crippen LogP) is 1.60. The molecule has 1 unspecified atom stereocenters. The van der Waals surface area contributed by atoms with Crippen LogP contribution in [0, 0.1) is 19.8 Å². The lowest BCUT2D eigenvalue weighted by Crippen LogP contribution is -2.35. The number of hydrogen-bond donors (Lipinski definition) is 1. The fraction of sp³-hybridized carbons (Fsp3) is 0.688. The van der Waals surface area contributed by atoms with Crippen LogP contribution in [-0.4, -0.2) is 41.0 Å². The Hall–Kier alpha value is -1.85. The Labute approximate surface area is 131 Å². The van der Waals surface area contributed by atoms with Gasteiger partial charge in [-0.05, 0) is 40.5 Å². The van der Waals surface area contributed by atoms with Crippen LogP contribution in [0.25, 0.3) is 0 Å². The van der Waals surface area contributed by atoms with Gasteiger partial charge < -0.3 is 14.7 Å². The molecular weight excluding hydrogens is 282 g/mol. The van der Waals surface area contributed by atoms with E-state index in [2.05, 4.69) is 10.5 Å². The van der Waals surface area contributed by atoms with E-state index < -0.39 is 0 Å². The van der Waals surface area contributed by atoms with E-state index in [9.17, 15) is 9.59 Å². The molecule has 1 aliphatic heterocycles. The highest BCUT2D eigenvalue weighted by atomic mass is 16.5. The summed E-state index contributed by atoms with van der Waals surface area (Å²) in [5.41, 5.74) is 2.04. The van der Waals surface area contributed by atoms with Gasteiger partial charge in [-0.3, -0.25) is 9.59 Å².